The van der Waals surface area contributed by atoms with Crippen molar-refractivity contribution in [1.82, 2.24) is 10.9 Å². The first kappa shape index (κ1) is 20.6. The summed E-state index contributed by atoms with van der Waals surface area (Å²) < 4.78 is 47.8. The summed E-state index contributed by atoms with van der Waals surface area (Å²) in [6.45, 7) is 2.62. The summed E-state index contributed by atoms with van der Waals surface area (Å²) in [5.41, 5.74) is 0.660. The van der Waals surface area contributed by atoms with E-state index in [-0.39, 0.29) is 11.3 Å². The van der Waals surface area contributed by atoms with E-state index in [1.165, 1.54) is 25.3 Å². The maximum Gasteiger partial charge on any atom is 0.417 e. The van der Waals surface area contributed by atoms with Crippen molar-refractivity contribution in [3.05, 3.63) is 23.8 Å². The SMILES string of the molecule is CCOc1ccc(C(=O)NNC(=O)C[C@@](C)(O)C(F)(F)F)cc1OC. The molecule has 0 fully saturated rings. The van der Waals surface area contributed by atoms with Gasteiger partial charge in [-0.05, 0) is 32.0 Å². The quantitative estimate of drug-likeness (QED) is 0.666. The molecule has 0 radical (unpaired) electrons. The van der Waals surface area contributed by atoms with E-state index in [9.17, 15) is 27.9 Å². The highest BCUT2D eigenvalue weighted by atomic mass is 19.4. The van der Waals surface area contributed by atoms with Crippen LogP contribution in [0.3, 0.4) is 0 Å². The van der Waals surface area contributed by atoms with E-state index in [4.69, 9.17) is 9.47 Å². The summed E-state index contributed by atoms with van der Waals surface area (Å²) in [4.78, 5) is 23.4. The summed E-state index contributed by atoms with van der Waals surface area (Å²) in [6, 6.07) is 4.22. The highest BCUT2D eigenvalue weighted by Crippen LogP contribution is 2.32. The first-order valence-corrected chi connectivity index (χ1v) is 7.21. The third kappa shape index (κ3) is 5.52. The van der Waals surface area contributed by atoms with Crippen LogP contribution in [-0.2, 0) is 4.79 Å². The van der Waals surface area contributed by atoms with Crippen molar-refractivity contribution in [1.29, 1.82) is 0 Å². The van der Waals surface area contributed by atoms with Crippen LogP contribution in [0.15, 0.2) is 18.2 Å². The molecule has 1 aromatic rings. The van der Waals surface area contributed by atoms with Gasteiger partial charge < -0.3 is 14.6 Å². The molecule has 10 heteroatoms. The van der Waals surface area contributed by atoms with Gasteiger partial charge in [0.1, 0.15) is 0 Å². The van der Waals surface area contributed by atoms with Crippen molar-refractivity contribution in [2.45, 2.75) is 32.0 Å². The Labute approximate surface area is 142 Å². The van der Waals surface area contributed by atoms with Gasteiger partial charge in [0.15, 0.2) is 17.1 Å². The Bertz CT molecular complexity index is 632. The number of hydrazine groups is 1. The van der Waals surface area contributed by atoms with Crippen molar-refractivity contribution in [3.8, 4) is 11.5 Å². The predicted molar refractivity (Wildman–Crippen MR) is 81.1 cm³/mol. The highest BCUT2D eigenvalue weighted by molar-refractivity contribution is 5.96. The molecule has 0 aromatic heterocycles. The minimum absolute atomic E-state index is 0.0863. The second-order valence-corrected chi connectivity index (χ2v) is 5.25. The van der Waals surface area contributed by atoms with Crippen molar-refractivity contribution < 1.29 is 37.3 Å². The summed E-state index contributed by atoms with van der Waals surface area (Å²) in [5, 5.41) is 9.22. The number of halogens is 3. The van der Waals surface area contributed by atoms with Crippen LogP contribution >= 0.6 is 0 Å². The molecule has 0 aliphatic heterocycles. The lowest BCUT2D eigenvalue weighted by atomic mass is 10.0. The van der Waals surface area contributed by atoms with E-state index < -0.39 is 30.0 Å². The van der Waals surface area contributed by atoms with Crippen molar-refractivity contribution in [2.75, 3.05) is 13.7 Å². The zero-order valence-electron chi connectivity index (χ0n) is 13.9. The molecule has 0 aliphatic rings. The number of hydrogen-bond donors (Lipinski definition) is 3. The number of carbonyl (C=O) groups excluding carboxylic acids is 2. The molecule has 0 saturated carbocycles. The normalized spacial score (nSPS) is 13.6. The lowest BCUT2D eigenvalue weighted by Crippen LogP contribution is -2.49. The first-order valence-electron chi connectivity index (χ1n) is 7.21. The number of rotatable bonds is 6. The second kappa shape index (κ2) is 8.06. The largest absolute Gasteiger partial charge is 0.493 e. The molecule has 0 saturated heterocycles. The Morgan fingerprint density at radius 1 is 1.20 bits per heavy atom. The number of aliphatic hydroxyl groups is 1. The lowest BCUT2D eigenvalue weighted by Gasteiger charge is -2.25. The fourth-order valence-corrected chi connectivity index (χ4v) is 1.74. The van der Waals surface area contributed by atoms with Crippen LogP contribution < -0.4 is 20.3 Å². The Balaban J connectivity index is 2.69. The van der Waals surface area contributed by atoms with Crippen molar-refractivity contribution in [3.63, 3.8) is 0 Å². The maximum atomic E-state index is 12.5. The lowest BCUT2D eigenvalue weighted by molar-refractivity contribution is -0.253. The number of amides is 2. The van der Waals surface area contributed by atoms with Crippen molar-refractivity contribution in [2.24, 2.45) is 0 Å². The van der Waals surface area contributed by atoms with Gasteiger partial charge >= 0.3 is 6.18 Å². The molecule has 7 nitrogen and oxygen atoms in total. The van der Waals surface area contributed by atoms with E-state index >= 15 is 0 Å². The van der Waals surface area contributed by atoms with E-state index in [0.717, 1.165) is 0 Å². The van der Waals surface area contributed by atoms with E-state index in [2.05, 4.69) is 0 Å². The third-order valence-electron chi connectivity index (χ3n) is 3.16. The molecule has 3 N–H and O–H groups in total. The van der Waals surface area contributed by atoms with Gasteiger partial charge in [-0.25, -0.2) is 0 Å². The van der Waals surface area contributed by atoms with Crippen LogP contribution in [0.1, 0.15) is 30.6 Å². The number of carbonyl (C=O) groups is 2. The molecule has 1 atom stereocenters. The molecule has 25 heavy (non-hydrogen) atoms. The second-order valence-electron chi connectivity index (χ2n) is 5.25. The minimum atomic E-state index is -4.98. The average molecular weight is 364 g/mol. The average Bonchev–Trinajstić information content (AvgIpc) is 2.51. The number of ether oxygens (including phenoxy) is 2. The highest BCUT2D eigenvalue weighted by Gasteiger charge is 2.51. The molecule has 0 heterocycles. The number of hydrogen-bond acceptors (Lipinski definition) is 5. The maximum absolute atomic E-state index is 12.5. The minimum Gasteiger partial charge on any atom is -0.493 e. The fraction of sp³-hybridized carbons (Fsp3) is 0.467. The molecule has 1 rings (SSSR count). The molecule has 140 valence electrons. The standard InChI is InChI=1S/C15H19F3N2O5/c1-4-25-10-6-5-9(7-11(10)24-3)13(22)20-19-12(21)8-14(2,23)15(16,17)18/h5-7,23H,4,8H2,1-3H3,(H,19,21)(H,20,22)/t14-/m1/s1. The molecular formula is C15H19F3N2O5. The Morgan fingerprint density at radius 2 is 1.84 bits per heavy atom. The van der Waals surface area contributed by atoms with Crippen LogP contribution in [0.2, 0.25) is 0 Å². The summed E-state index contributed by atoms with van der Waals surface area (Å²) in [5.74, 6) is -1.29. The molecule has 2 amide bonds. The van der Waals surface area contributed by atoms with Crippen molar-refractivity contribution >= 4 is 11.8 Å². The Morgan fingerprint density at radius 3 is 2.36 bits per heavy atom. The van der Waals surface area contributed by atoms with Gasteiger partial charge in [-0.2, -0.15) is 13.2 Å². The van der Waals surface area contributed by atoms with Gasteiger partial charge in [-0.3, -0.25) is 20.4 Å². The van der Waals surface area contributed by atoms with Crippen LogP contribution in [0.5, 0.6) is 11.5 Å². The van der Waals surface area contributed by atoms with Crippen LogP contribution in [0.4, 0.5) is 13.2 Å². The monoisotopic (exact) mass is 364 g/mol. The smallest absolute Gasteiger partial charge is 0.417 e. The first-order chi connectivity index (χ1) is 11.5. The number of alkyl halides is 3. The van der Waals surface area contributed by atoms with E-state index in [1.807, 2.05) is 10.9 Å². The number of benzene rings is 1. The Hall–Kier alpha value is -2.49. The van der Waals surface area contributed by atoms with Gasteiger partial charge in [0.2, 0.25) is 5.91 Å². The summed E-state index contributed by atoms with van der Waals surface area (Å²) in [6.07, 6.45) is -6.24. The predicted octanol–water partition coefficient (Wildman–Crippen LogP) is 1.56. The molecule has 1 aromatic carbocycles. The van der Waals surface area contributed by atoms with Gasteiger partial charge in [0, 0.05) is 5.56 Å². The molecule has 0 unspecified atom stereocenters. The van der Waals surface area contributed by atoms with Crippen LogP contribution in [0.25, 0.3) is 0 Å². The van der Waals surface area contributed by atoms with Gasteiger partial charge in [0.05, 0.1) is 20.1 Å². The number of nitrogens with one attached hydrogen (secondary N) is 2. The molecular weight excluding hydrogens is 345 g/mol. The molecule has 0 aliphatic carbocycles. The molecule has 0 spiro atoms. The van der Waals surface area contributed by atoms with E-state index in [1.54, 1.807) is 6.92 Å². The molecule has 0 bridgehead atoms. The van der Waals surface area contributed by atoms with Gasteiger partial charge in [-0.1, -0.05) is 0 Å². The summed E-state index contributed by atoms with van der Waals surface area (Å²) in [7, 11) is 1.38. The fourth-order valence-electron chi connectivity index (χ4n) is 1.74. The topological polar surface area (TPSA) is 96.9 Å². The van der Waals surface area contributed by atoms with E-state index in [0.29, 0.717) is 19.3 Å². The third-order valence-corrected chi connectivity index (χ3v) is 3.16. The Kier molecular flexibility index (Phi) is 6.63. The summed E-state index contributed by atoms with van der Waals surface area (Å²) >= 11 is 0. The zero-order chi connectivity index (χ0) is 19.3. The van der Waals surface area contributed by atoms with Gasteiger partial charge in [-0.15, -0.1) is 0 Å². The zero-order valence-corrected chi connectivity index (χ0v) is 13.9. The van der Waals surface area contributed by atoms with Gasteiger partial charge in [0.25, 0.3) is 5.91 Å². The number of methoxy groups -OCH3 is 1. The van der Waals surface area contributed by atoms with Crippen LogP contribution in [-0.4, -0.2) is 42.4 Å². The van der Waals surface area contributed by atoms with Crippen LogP contribution in [0, 0.1) is 0 Å².